The topological polar surface area (TPSA) is 44.8 Å². The van der Waals surface area contributed by atoms with Gasteiger partial charge in [-0.2, -0.15) is 0 Å². The molecule has 0 aliphatic carbocycles. The predicted octanol–water partition coefficient (Wildman–Crippen LogP) is 8.51. The van der Waals surface area contributed by atoms with Gasteiger partial charge in [-0.15, -0.1) is 0 Å². The molecular weight excluding hydrogens is 443 g/mol. The van der Waals surface area contributed by atoms with Crippen molar-refractivity contribution in [2.45, 2.75) is 97.5 Å². The van der Waals surface area contributed by atoms with Crippen molar-refractivity contribution in [3.63, 3.8) is 0 Å². The average Bonchev–Trinajstić information content (AvgIpc) is 2.86. The zero-order valence-corrected chi connectivity index (χ0v) is 21.8. The van der Waals surface area contributed by atoms with E-state index < -0.39 is 11.9 Å². The Balaban J connectivity index is 1.76. The van der Waals surface area contributed by atoms with Crippen molar-refractivity contribution < 1.29 is 23.4 Å². The van der Waals surface area contributed by atoms with Gasteiger partial charge < -0.3 is 14.2 Å². The Bertz CT molecular complexity index is 850. The molecule has 0 amide bonds. The first kappa shape index (κ1) is 28.7. The van der Waals surface area contributed by atoms with Crippen LogP contribution in [-0.4, -0.2) is 25.3 Å². The lowest BCUT2D eigenvalue weighted by molar-refractivity contribution is -0.146. The summed E-state index contributed by atoms with van der Waals surface area (Å²) in [6, 6.07) is 12.6. The fraction of sp³-hybridized carbons (Fsp3) is 0.567. The van der Waals surface area contributed by atoms with Gasteiger partial charge in [-0.25, -0.2) is 4.39 Å². The summed E-state index contributed by atoms with van der Waals surface area (Å²) in [7, 11) is 0. The number of ether oxygens (including phenoxy) is 3. The highest BCUT2D eigenvalue weighted by molar-refractivity contribution is 5.69. The van der Waals surface area contributed by atoms with Crippen LogP contribution in [0.5, 0.6) is 11.5 Å². The van der Waals surface area contributed by atoms with E-state index in [0.717, 1.165) is 55.6 Å². The minimum atomic E-state index is -0.441. The summed E-state index contributed by atoms with van der Waals surface area (Å²) in [5.74, 6) is 0.311. The maximum atomic E-state index is 14.7. The molecule has 1 unspecified atom stereocenters. The molecule has 0 aromatic heterocycles. The lowest BCUT2D eigenvalue weighted by Crippen LogP contribution is -2.22. The van der Waals surface area contributed by atoms with Crippen LogP contribution in [0.3, 0.4) is 0 Å². The molecule has 1 atom stereocenters. The molecule has 0 bridgehead atoms. The van der Waals surface area contributed by atoms with Crippen molar-refractivity contribution in [2.24, 2.45) is 0 Å². The molecule has 4 nitrogen and oxygen atoms in total. The molecule has 0 radical (unpaired) electrons. The van der Waals surface area contributed by atoms with Crippen molar-refractivity contribution in [3.8, 4) is 22.6 Å². The van der Waals surface area contributed by atoms with Crippen LogP contribution in [-0.2, 0) is 9.53 Å². The van der Waals surface area contributed by atoms with Crippen LogP contribution in [0.2, 0.25) is 0 Å². The Morgan fingerprint density at radius 2 is 1.46 bits per heavy atom. The van der Waals surface area contributed by atoms with E-state index in [1.54, 1.807) is 13.0 Å². The number of halogens is 1. The van der Waals surface area contributed by atoms with Crippen LogP contribution in [0.1, 0.15) is 91.4 Å². The smallest absolute Gasteiger partial charge is 0.305 e. The van der Waals surface area contributed by atoms with Gasteiger partial charge in [-0.3, -0.25) is 4.79 Å². The molecule has 194 valence electrons. The van der Waals surface area contributed by atoms with Crippen LogP contribution in [0.25, 0.3) is 11.1 Å². The van der Waals surface area contributed by atoms with E-state index in [1.807, 2.05) is 30.3 Å². The monoisotopic (exact) mass is 486 g/mol. The Labute approximate surface area is 211 Å². The van der Waals surface area contributed by atoms with E-state index in [9.17, 15) is 9.18 Å². The van der Waals surface area contributed by atoms with Crippen molar-refractivity contribution in [1.82, 2.24) is 0 Å². The van der Waals surface area contributed by atoms with E-state index in [1.165, 1.54) is 38.2 Å². The second-order valence-electron chi connectivity index (χ2n) is 9.21. The number of carbonyl (C=O) groups is 1. The van der Waals surface area contributed by atoms with Crippen LogP contribution in [0.15, 0.2) is 42.5 Å². The van der Waals surface area contributed by atoms with Crippen molar-refractivity contribution >= 4 is 5.97 Å². The molecule has 0 N–H and O–H groups in total. The molecule has 0 heterocycles. The third kappa shape index (κ3) is 11.6. The number of rotatable bonds is 18. The second-order valence-corrected chi connectivity index (χ2v) is 9.21. The summed E-state index contributed by atoms with van der Waals surface area (Å²) in [5, 5.41) is 0. The normalized spacial score (nSPS) is 11.8. The number of carbonyl (C=O) groups excluding carboxylic acids is 1. The van der Waals surface area contributed by atoms with Gasteiger partial charge in [-0.1, -0.05) is 83.4 Å². The molecule has 5 heteroatoms. The molecule has 0 saturated carbocycles. The quantitative estimate of drug-likeness (QED) is 0.156. The van der Waals surface area contributed by atoms with Gasteiger partial charge >= 0.3 is 5.97 Å². The zero-order valence-electron chi connectivity index (χ0n) is 21.8. The molecule has 0 spiro atoms. The first-order valence-corrected chi connectivity index (χ1v) is 13.4. The third-order valence-electron chi connectivity index (χ3n) is 5.93. The van der Waals surface area contributed by atoms with Crippen molar-refractivity contribution in [3.05, 3.63) is 48.3 Å². The summed E-state index contributed by atoms with van der Waals surface area (Å²) < 4.78 is 31.4. The Kier molecular flexibility index (Phi) is 13.9. The Morgan fingerprint density at radius 3 is 2.14 bits per heavy atom. The van der Waals surface area contributed by atoms with Gasteiger partial charge in [0.2, 0.25) is 0 Å². The molecule has 0 saturated heterocycles. The summed E-state index contributed by atoms with van der Waals surface area (Å²) in [5.41, 5.74) is 1.68. The standard InChI is InChI=1S/C30H43FO4/c1-4-6-8-10-11-13-21-33-27-18-15-25(16-19-27)26-17-20-29(28(31)22-26)35-24(3)23-34-30(32)14-12-9-7-5-2/h15-20,22,24H,4-14,21,23H2,1-3H3. The van der Waals surface area contributed by atoms with Gasteiger partial charge in [0.05, 0.1) is 6.61 Å². The summed E-state index contributed by atoms with van der Waals surface area (Å²) in [6.07, 6.45) is 11.5. The molecule has 0 aliphatic rings. The molecule has 0 fully saturated rings. The summed E-state index contributed by atoms with van der Waals surface area (Å²) in [4.78, 5) is 11.8. The summed E-state index contributed by atoms with van der Waals surface area (Å²) >= 11 is 0. The predicted molar refractivity (Wildman–Crippen MR) is 141 cm³/mol. The van der Waals surface area contributed by atoms with Gasteiger partial charge in [-0.05, 0) is 55.2 Å². The van der Waals surface area contributed by atoms with Crippen LogP contribution >= 0.6 is 0 Å². The van der Waals surface area contributed by atoms with Crippen molar-refractivity contribution in [2.75, 3.05) is 13.2 Å². The highest BCUT2D eigenvalue weighted by Gasteiger charge is 2.13. The fourth-order valence-corrected chi connectivity index (χ4v) is 3.82. The van der Waals surface area contributed by atoms with Crippen LogP contribution in [0, 0.1) is 5.82 Å². The lowest BCUT2D eigenvalue weighted by Gasteiger charge is -2.16. The number of benzene rings is 2. The largest absolute Gasteiger partial charge is 0.494 e. The van der Waals surface area contributed by atoms with Gasteiger partial charge in [0.25, 0.3) is 0 Å². The van der Waals surface area contributed by atoms with Crippen LogP contribution < -0.4 is 9.47 Å². The highest BCUT2D eigenvalue weighted by atomic mass is 19.1. The molecule has 2 aromatic carbocycles. The molecule has 35 heavy (non-hydrogen) atoms. The third-order valence-corrected chi connectivity index (χ3v) is 5.93. The minimum absolute atomic E-state index is 0.105. The van der Waals surface area contributed by atoms with E-state index in [4.69, 9.17) is 14.2 Å². The van der Waals surface area contributed by atoms with E-state index >= 15 is 0 Å². The first-order valence-electron chi connectivity index (χ1n) is 13.4. The van der Waals surface area contributed by atoms with Crippen molar-refractivity contribution in [1.29, 1.82) is 0 Å². The maximum absolute atomic E-state index is 14.7. The number of hydrogen-bond acceptors (Lipinski definition) is 4. The fourth-order valence-electron chi connectivity index (χ4n) is 3.82. The Morgan fingerprint density at radius 1 is 0.829 bits per heavy atom. The number of hydrogen-bond donors (Lipinski definition) is 0. The maximum Gasteiger partial charge on any atom is 0.305 e. The summed E-state index contributed by atoms with van der Waals surface area (Å²) in [6.45, 7) is 6.95. The van der Waals surface area contributed by atoms with Gasteiger partial charge in [0, 0.05) is 6.42 Å². The number of esters is 1. The lowest BCUT2D eigenvalue weighted by atomic mass is 10.1. The van der Waals surface area contributed by atoms with E-state index in [2.05, 4.69) is 13.8 Å². The number of unbranched alkanes of at least 4 members (excludes halogenated alkanes) is 8. The Hall–Kier alpha value is -2.56. The second kappa shape index (κ2) is 17.0. The minimum Gasteiger partial charge on any atom is -0.494 e. The van der Waals surface area contributed by atoms with E-state index in [0.29, 0.717) is 6.42 Å². The SMILES string of the molecule is CCCCCCCCOc1ccc(-c2ccc(OC(C)COC(=O)CCCCCC)c(F)c2)cc1. The molecule has 2 rings (SSSR count). The van der Waals surface area contributed by atoms with Gasteiger partial charge in [0.15, 0.2) is 11.6 Å². The first-order chi connectivity index (χ1) is 17.0. The molecule has 2 aromatic rings. The van der Waals surface area contributed by atoms with Gasteiger partial charge in [0.1, 0.15) is 18.5 Å². The average molecular weight is 487 g/mol. The molecule has 0 aliphatic heterocycles. The zero-order chi connectivity index (χ0) is 25.3. The van der Waals surface area contributed by atoms with E-state index in [-0.39, 0.29) is 18.3 Å². The highest BCUT2D eigenvalue weighted by Crippen LogP contribution is 2.28. The van der Waals surface area contributed by atoms with Crippen LogP contribution in [0.4, 0.5) is 4.39 Å². The molecular formula is C30H43FO4.